The molecule has 0 aliphatic heterocycles. The molecule has 108 valence electrons. The van der Waals surface area contributed by atoms with E-state index in [0.717, 1.165) is 22.6 Å². The lowest BCUT2D eigenvalue weighted by atomic mass is 10.1. The van der Waals surface area contributed by atoms with Crippen LogP contribution in [0.5, 0.6) is 11.5 Å². The minimum Gasteiger partial charge on any atom is -0.497 e. The second-order valence-corrected chi connectivity index (χ2v) is 4.66. The highest BCUT2D eigenvalue weighted by atomic mass is 35.5. The molecule has 0 bridgehead atoms. The molecule has 0 radical (unpaired) electrons. The van der Waals surface area contributed by atoms with Gasteiger partial charge in [-0.15, -0.1) is 0 Å². The number of hydrogen-bond donors (Lipinski definition) is 1. The summed E-state index contributed by atoms with van der Waals surface area (Å²) in [5, 5.41) is 9.48. The molecule has 0 aromatic heterocycles. The van der Waals surface area contributed by atoms with Crippen LogP contribution in [-0.2, 0) is 6.61 Å². The number of rotatable bonds is 4. The van der Waals surface area contributed by atoms with Crippen LogP contribution in [0.3, 0.4) is 0 Å². The fourth-order valence-corrected chi connectivity index (χ4v) is 1.89. The van der Waals surface area contributed by atoms with E-state index in [1.54, 1.807) is 19.2 Å². The van der Waals surface area contributed by atoms with Crippen molar-refractivity contribution < 1.29 is 14.6 Å². The zero-order valence-corrected chi connectivity index (χ0v) is 12.4. The Morgan fingerprint density at radius 2 is 1.81 bits per heavy atom. The van der Waals surface area contributed by atoms with E-state index in [9.17, 15) is 0 Å². The van der Waals surface area contributed by atoms with Crippen LogP contribution >= 0.6 is 11.6 Å². The highest BCUT2D eigenvalue weighted by Crippen LogP contribution is 2.21. The van der Waals surface area contributed by atoms with Crippen LogP contribution in [0.4, 0.5) is 0 Å². The van der Waals surface area contributed by atoms with Crippen molar-refractivity contribution in [2.24, 2.45) is 0 Å². The predicted octanol–water partition coefficient (Wildman–Crippen LogP) is 3.27. The van der Waals surface area contributed by atoms with Crippen LogP contribution in [-0.4, -0.2) is 18.8 Å². The van der Waals surface area contributed by atoms with Crippen molar-refractivity contribution in [3.63, 3.8) is 0 Å². The van der Waals surface area contributed by atoms with Gasteiger partial charge in [-0.25, -0.2) is 0 Å². The second kappa shape index (κ2) is 7.58. The van der Waals surface area contributed by atoms with Crippen LogP contribution < -0.4 is 9.47 Å². The van der Waals surface area contributed by atoms with Gasteiger partial charge in [0.05, 0.1) is 7.11 Å². The van der Waals surface area contributed by atoms with Crippen LogP contribution in [0.2, 0.25) is 5.02 Å². The molecule has 0 heterocycles. The molecule has 0 fully saturated rings. The number of hydrogen-bond acceptors (Lipinski definition) is 3. The van der Waals surface area contributed by atoms with Crippen molar-refractivity contribution in [1.29, 1.82) is 0 Å². The maximum Gasteiger partial charge on any atom is 0.119 e. The van der Waals surface area contributed by atoms with Crippen LogP contribution in [0.25, 0.3) is 0 Å². The molecule has 2 rings (SSSR count). The van der Waals surface area contributed by atoms with E-state index in [4.69, 9.17) is 26.2 Å². The number of halogens is 1. The molecule has 2 aromatic carbocycles. The fraction of sp³-hybridized carbons (Fsp3) is 0.176. The summed E-state index contributed by atoms with van der Waals surface area (Å²) in [7, 11) is 1.61. The zero-order valence-electron chi connectivity index (χ0n) is 11.6. The molecule has 0 amide bonds. The first-order valence-electron chi connectivity index (χ1n) is 6.38. The first-order chi connectivity index (χ1) is 10.2. The number of aliphatic hydroxyl groups is 1. The molecule has 0 atom stereocenters. The summed E-state index contributed by atoms with van der Waals surface area (Å²) in [5.41, 5.74) is 1.70. The summed E-state index contributed by atoms with van der Waals surface area (Å²) < 4.78 is 10.9. The van der Waals surface area contributed by atoms with Crippen molar-refractivity contribution in [2.45, 2.75) is 6.61 Å². The highest BCUT2D eigenvalue weighted by Gasteiger charge is 2.04. The molecule has 21 heavy (non-hydrogen) atoms. The van der Waals surface area contributed by atoms with Crippen molar-refractivity contribution in [2.75, 3.05) is 13.7 Å². The molecule has 0 aliphatic rings. The smallest absolute Gasteiger partial charge is 0.119 e. The lowest BCUT2D eigenvalue weighted by molar-refractivity contribution is 0.305. The minimum absolute atomic E-state index is 0.177. The summed E-state index contributed by atoms with van der Waals surface area (Å²) in [5.74, 6) is 7.00. The summed E-state index contributed by atoms with van der Waals surface area (Å²) >= 11 is 5.84. The first-order valence-corrected chi connectivity index (χ1v) is 6.75. The Balaban J connectivity index is 2.18. The highest BCUT2D eigenvalue weighted by molar-refractivity contribution is 6.30. The maximum absolute atomic E-state index is 8.81. The number of methoxy groups -OCH3 is 1. The summed E-state index contributed by atoms with van der Waals surface area (Å²) in [6.07, 6.45) is 0. The van der Waals surface area contributed by atoms with E-state index >= 15 is 0 Å². The van der Waals surface area contributed by atoms with Gasteiger partial charge in [0, 0.05) is 16.1 Å². The van der Waals surface area contributed by atoms with Gasteiger partial charge in [0.25, 0.3) is 0 Å². The third kappa shape index (κ3) is 4.42. The number of benzene rings is 2. The molecule has 0 saturated carbocycles. The molecule has 4 heteroatoms. The SMILES string of the molecule is COc1ccc(C#CCO)c(COc2ccc(Cl)cc2)c1. The molecular formula is C17H15ClO3. The maximum atomic E-state index is 8.81. The fourth-order valence-electron chi connectivity index (χ4n) is 1.77. The molecule has 3 nitrogen and oxygen atoms in total. The topological polar surface area (TPSA) is 38.7 Å². The Hall–Kier alpha value is -2.15. The van der Waals surface area contributed by atoms with E-state index in [0.29, 0.717) is 11.6 Å². The van der Waals surface area contributed by atoms with Crippen LogP contribution in [0.15, 0.2) is 42.5 Å². The van der Waals surface area contributed by atoms with Crippen molar-refractivity contribution in [1.82, 2.24) is 0 Å². The summed E-state index contributed by atoms with van der Waals surface area (Å²) in [6, 6.07) is 12.7. The van der Waals surface area contributed by atoms with Gasteiger partial charge in [-0.3, -0.25) is 0 Å². The van der Waals surface area contributed by atoms with Crippen molar-refractivity contribution in [3.8, 4) is 23.3 Å². The van der Waals surface area contributed by atoms with E-state index in [2.05, 4.69) is 11.8 Å². The van der Waals surface area contributed by atoms with Crippen molar-refractivity contribution >= 4 is 11.6 Å². The Morgan fingerprint density at radius 1 is 1.10 bits per heavy atom. The number of aliphatic hydroxyl groups excluding tert-OH is 1. The van der Waals surface area contributed by atoms with Gasteiger partial charge in [-0.2, -0.15) is 0 Å². The van der Waals surface area contributed by atoms with Gasteiger partial charge in [0.2, 0.25) is 0 Å². The monoisotopic (exact) mass is 302 g/mol. The van der Waals surface area contributed by atoms with E-state index in [-0.39, 0.29) is 6.61 Å². The molecule has 0 unspecified atom stereocenters. The van der Waals surface area contributed by atoms with Crippen molar-refractivity contribution in [3.05, 3.63) is 58.6 Å². The Kier molecular flexibility index (Phi) is 5.51. The molecule has 0 saturated heterocycles. The third-order valence-corrected chi connectivity index (χ3v) is 3.07. The Morgan fingerprint density at radius 3 is 2.48 bits per heavy atom. The van der Waals surface area contributed by atoms with Crippen LogP contribution in [0, 0.1) is 11.8 Å². The molecule has 0 aliphatic carbocycles. The first kappa shape index (κ1) is 15.2. The van der Waals surface area contributed by atoms with Gasteiger partial charge < -0.3 is 14.6 Å². The lowest BCUT2D eigenvalue weighted by Gasteiger charge is -2.10. The minimum atomic E-state index is -0.177. The van der Waals surface area contributed by atoms with Gasteiger partial charge in [0.1, 0.15) is 24.7 Å². The van der Waals surface area contributed by atoms with E-state index < -0.39 is 0 Å². The second-order valence-electron chi connectivity index (χ2n) is 4.23. The largest absolute Gasteiger partial charge is 0.497 e. The zero-order chi connectivity index (χ0) is 15.1. The Labute approximate surface area is 129 Å². The molecule has 0 spiro atoms. The van der Waals surface area contributed by atoms with Gasteiger partial charge in [0.15, 0.2) is 0 Å². The normalized spacial score (nSPS) is 9.67. The standard InChI is InChI=1S/C17H15ClO3/c1-20-17-7-4-13(3-2-10-19)14(11-17)12-21-16-8-5-15(18)6-9-16/h4-9,11,19H,10,12H2,1H3. The van der Waals surface area contributed by atoms with E-state index in [1.165, 1.54) is 0 Å². The predicted molar refractivity (Wildman–Crippen MR) is 82.7 cm³/mol. The van der Waals surface area contributed by atoms with Crippen LogP contribution in [0.1, 0.15) is 11.1 Å². The average Bonchev–Trinajstić information content (AvgIpc) is 2.52. The third-order valence-electron chi connectivity index (χ3n) is 2.82. The quantitative estimate of drug-likeness (QED) is 0.881. The molecule has 2 aromatic rings. The van der Waals surface area contributed by atoms with Gasteiger partial charge >= 0.3 is 0 Å². The Bertz CT molecular complexity index is 654. The summed E-state index contributed by atoms with van der Waals surface area (Å²) in [6.45, 7) is 0.178. The molecular weight excluding hydrogens is 288 g/mol. The lowest BCUT2D eigenvalue weighted by Crippen LogP contribution is -1.99. The van der Waals surface area contributed by atoms with Gasteiger partial charge in [-0.05, 0) is 42.5 Å². The molecule has 1 N–H and O–H groups in total. The summed E-state index contributed by atoms with van der Waals surface area (Å²) in [4.78, 5) is 0. The number of ether oxygens (including phenoxy) is 2. The van der Waals surface area contributed by atoms with E-state index in [1.807, 2.05) is 30.3 Å². The van der Waals surface area contributed by atoms with Gasteiger partial charge in [-0.1, -0.05) is 23.4 Å². The average molecular weight is 303 g/mol.